The maximum atomic E-state index is 12.5. The maximum Gasteiger partial charge on any atom is 0.261 e. The van der Waals surface area contributed by atoms with Gasteiger partial charge in [0.1, 0.15) is 11.6 Å². The number of hydrogen-bond donors (Lipinski definition) is 1. The molecular formula is C22H25N3O2. The molecule has 0 radical (unpaired) electrons. The number of aromatic nitrogens is 2. The molecule has 1 amide bonds. The standard InChI is InChI=1S/C22H25N3O2/c1-4-18-9-6-8-12-21(18)27-16(2)22(26)24-15-19-10-5-7-11-20(19)25-14-13-23-17(25)3/h5-14,16H,4,15H2,1-3H3,(H,24,26)/t16-/m0/s1. The molecule has 27 heavy (non-hydrogen) atoms. The molecule has 1 N–H and O–H groups in total. The minimum atomic E-state index is -0.570. The first kappa shape index (κ1) is 18.7. The number of carbonyl (C=O) groups excluding carboxylic acids is 1. The first-order valence-electron chi connectivity index (χ1n) is 9.20. The summed E-state index contributed by atoms with van der Waals surface area (Å²) in [6.07, 6.45) is 3.98. The third-order valence-corrected chi connectivity index (χ3v) is 4.56. The maximum absolute atomic E-state index is 12.5. The number of aryl methyl sites for hydroxylation is 2. The molecule has 0 saturated carbocycles. The van der Waals surface area contributed by atoms with Gasteiger partial charge >= 0.3 is 0 Å². The number of benzene rings is 2. The second-order valence-corrected chi connectivity index (χ2v) is 6.41. The van der Waals surface area contributed by atoms with E-state index >= 15 is 0 Å². The molecule has 1 aromatic heterocycles. The van der Waals surface area contributed by atoms with Crippen molar-refractivity contribution in [3.63, 3.8) is 0 Å². The molecule has 5 heteroatoms. The van der Waals surface area contributed by atoms with Crippen molar-refractivity contribution in [1.29, 1.82) is 0 Å². The summed E-state index contributed by atoms with van der Waals surface area (Å²) in [5, 5.41) is 2.98. The lowest BCUT2D eigenvalue weighted by Gasteiger charge is -2.18. The summed E-state index contributed by atoms with van der Waals surface area (Å²) in [5.74, 6) is 1.52. The predicted octanol–water partition coefficient (Wildman–Crippen LogP) is 3.83. The predicted molar refractivity (Wildman–Crippen MR) is 106 cm³/mol. The summed E-state index contributed by atoms with van der Waals surface area (Å²) in [5.41, 5.74) is 3.13. The summed E-state index contributed by atoms with van der Waals surface area (Å²) in [4.78, 5) is 16.8. The second kappa shape index (κ2) is 8.54. The summed E-state index contributed by atoms with van der Waals surface area (Å²) in [6.45, 7) is 6.22. The molecule has 0 fully saturated rings. The Labute approximate surface area is 160 Å². The van der Waals surface area contributed by atoms with Crippen LogP contribution in [0, 0.1) is 6.92 Å². The Morgan fingerprint density at radius 2 is 1.85 bits per heavy atom. The molecule has 0 aliphatic rings. The van der Waals surface area contributed by atoms with Gasteiger partial charge in [0.15, 0.2) is 6.10 Å². The minimum absolute atomic E-state index is 0.141. The van der Waals surface area contributed by atoms with Crippen LogP contribution in [-0.4, -0.2) is 21.6 Å². The van der Waals surface area contributed by atoms with Crippen LogP contribution in [0.5, 0.6) is 5.75 Å². The smallest absolute Gasteiger partial charge is 0.261 e. The van der Waals surface area contributed by atoms with Crippen LogP contribution in [-0.2, 0) is 17.8 Å². The Morgan fingerprint density at radius 3 is 2.56 bits per heavy atom. The van der Waals surface area contributed by atoms with Crippen LogP contribution in [0.2, 0.25) is 0 Å². The normalized spacial score (nSPS) is 11.8. The van der Waals surface area contributed by atoms with Gasteiger partial charge in [-0.25, -0.2) is 4.98 Å². The molecular weight excluding hydrogens is 338 g/mol. The van der Waals surface area contributed by atoms with Gasteiger partial charge in [-0.1, -0.05) is 43.3 Å². The van der Waals surface area contributed by atoms with Crippen LogP contribution >= 0.6 is 0 Å². The van der Waals surface area contributed by atoms with Crippen molar-refractivity contribution >= 4 is 5.91 Å². The zero-order valence-electron chi connectivity index (χ0n) is 16.0. The van der Waals surface area contributed by atoms with Crippen LogP contribution in [0.15, 0.2) is 60.9 Å². The molecule has 1 heterocycles. The Morgan fingerprint density at radius 1 is 1.15 bits per heavy atom. The summed E-state index contributed by atoms with van der Waals surface area (Å²) in [7, 11) is 0. The highest BCUT2D eigenvalue weighted by Gasteiger charge is 2.16. The van der Waals surface area contributed by atoms with Crippen molar-refractivity contribution in [3.05, 3.63) is 77.9 Å². The highest BCUT2D eigenvalue weighted by atomic mass is 16.5. The van der Waals surface area contributed by atoms with E-state index in [1.165, 1.54) is 0 Å². The highest BCUT2D eigenvalue weighted by molar-refractivity contribution is 5.80. The highest BCUT2D eigenvalue weighted by Crippen LogP contribution is 2.20. The fraction of sp³-hybridized carbons (Fsp3) is 0.273. The third-order valence-electron chi connectivity index (χ3n) is 4.56. The summed E-state index contributed by atoms with van der Waals surface area (Å²) < 4.78 is 7.89. The van der Waals surface area contributed by atoms with E-state index in [0.29, 0.717) is 6.54 Å². The average molecular weight is 363 g/mol. The number of nitrogens with zero attached hydrogens (tertiary/aromatic N) is 2. The van der Waals surface area contributed by atoms with Gasteiger partial charge < -0.3 is 14.6 Å². The van der Waals surface area contributed by atoms with Crippen molar-refractivity contribution < 1.29 is 9.53 Å². The quantitative estimate of drug-likeness (QED) is 0.694. The Kier molecular flexibility index (Phi) is 5.91. The molecule has 0 spiro atoms. The molecule has 5 nitrogen and oxygen atoms in total. The van der Waals surface area contributed by atoms with Gasteiger partial charge in [0, 0.05) is 18.9 Å². The van der Waals surface area contributed by atoms with Gasteiger partial charge in [-0.2, -0.15) is 0 Å². The lowest BCUT2D eigenvalue weighted by Crippen LogP contribution is -2.36. The van der Waals surface area contributed by atoms with Gasteiger partial charge in [0.25, 0.3) is 5.91 Å². The molecule has 2 aromatic carbocycles. The first-order chi connectivity index (χ1) is 13.1. The van der Waals surface area contributed by atoms with Crippen molar-refractivity contribution in [1.82, 2.24) is 14.9 Å². The van der Waals surface area contributed by atoms with Gasteiger partial charge in [0.2, 0.25) is 0 Å². The number of imidazole rings is 1. The fourth-order valence-corrected chi connectivity index (χ4v) is 3.01. The number of rotatable bonds is 7. The molecule has 1 atom stereocenters. The van der Waals surface area contributed by atoms with E-state index in [2.05, 4.69) is 17.2 Å². The molecule has 3 aromatic rings. The van der Waals surface area contributed by atoms with Crippen LogP contribution in [0.1, 0.15) is 30.8 Å². The van der Waals surface area contributed by atoms with Crippen molar-refractivity contribution in [2.75, 3.05) is 0 Å². The molecule has 0 aliphatic carbocycles. The third kappa shape index (κ3) is 4.37. The van der Waals surface area contributed by atoms with E-state index in [0.717, 1.165) is 34.8 Å². The van der Waals surface area contributed by atoms with Crippen molar-refractivity contribution in [2.24, 2.45) is 0 Å². The van der Waals surface area contributed by atoms with Crippen LogP contribution in [0.25, 0.3) is 5.69 Å². The topological polar surface area (TPSA) is 56.1 Å². The molecule has 0 saturated heterocycles. The van der Waals surface area contributed by atoms with E-state index in [1.807, 2.05) is 66.2 Å². The van der Waals surface area contributed by atoms with Crippen molar-refractivity contribution in [3.8, 4) is 11.4 Å². The van der Waals surface area contributed by atoms with Crippen LogP contribution in [0.4, 0.5) is 0 Å². The number of hydrogen-bond acceptors (Lipinski definition) is 3. The molecule has 0 aliphatic heterocycles. The van der Waals surface area contributed by atoms with E-state index in [1.54, 1.807) is 13.1 Å². The van der Waals surface area contributed by atoms with Gasteiger partial charge in [-0.15, -0.1) is 0 Å². The van der Waals surface area contributed by atoms with E-state index in [-0.39, 0.29) is 5.91 Å². The Hall–Kier alpha value is -3.08. The number of para-hydroxylation sites is 2. The van der Waals surface area contributed by atoms with Gasteiger partial charge in [-0.3, -0.25) is 4.79 Å². The monoisotopic (exact) mass is 363 g/mol. The molecule has 0 unspecified atom stereocenters. The summed E-state index contributed by atoms with van der Waals surface area (Å²) in [6, 6.07) is 15.8. The fourth-order valence-electron chi connectivity index (χ4n) is 3.01. The van der Waals surface area contributed by atoms with E-state index in [4.69, 9.17) is 4.74 Å². The number of ether oxygens (including phenoxy) is 1. The molecule has 0 bridgehead atoms. The number of carbonyl (C=O) groups is 1. The van der Waals surface area contributed by atoms with E-state index in [9.17, 15) is 4.79 Å². The van der Waals surface area contributed by atoms with E-state index < -0.39 is 6.10 Å². The lowest BCUT2D eigenvalue weighted by molar-refractivity contribution is -0.127. The second-order valence-electron chi connectivity index (χ2n) is 6.41. The van der Waals surface area contributed by atoms with Crippen molar-refractivity contribution in [2.45, 2.75) is 39.8 Å². The number of amides is 1. The SMILES string of the molecule is CCc1ccccc1O[C@@H](C)C(=O)NCc1ccccc1-n1ccnc1C. The lowest BCUT2D eigenvalue weighted by atomic mass is 10.1. The Bertz CT molecular complexity index is 917. The molecule has 140 valence electrons. The van der Waals surface area contributed by atoms with Gasteiger partial charge in [0.05, 0.1) is 5.69 Å². The van der Waals surface area contributed by atoms with Crippen LogP contribution < -0.4 is 10.1 Å². The Balaban J connectivity index is 1.67. The minimum Gasteiger partial charge on any atom is -0.481 e. The van der Waals surface area contributed by atoms with Gasteiger partial charge in [-0.05, 0) is 43.5 Å². The molecule has 3 rings (SSSR count). The van der Waals surface area contributed by atoms with Crippen LogP contribution in [0.3, 0.4) is 0 Å². The average Bonchev–Trinajstić information content (AvgIpc) is 3.12. The largest absolute Gasteiger partial charge is 0.481 e. The zero-order chi connectivity index (χ0) is 19.2. The summed E-state index contributed by atoms with van der Waals surface area (Å²) >= 11 is 0. The number of nitrogens with one attached hydrogen (secondary N) is 1. The first-order valence-corrected chi connectivity index (χ1v) is 9.20. The zero-order valence-corrected chi connectivity index (χ0v) is 16.0.